The number of rotatable bonds is 3. The summed E-state index contributed by atoms with van der Waals surface area (Å²) in [7, 11) is 1.19. The topological polar surface area (TPSA) is 38.7 Å². The fourth-order valence-electron chi connectivity index (χ4n) is 1.73. The van der Waals surface area contributed by atoms with Crippen LogP contribution in [0.25, 0.3) is 0 Å². The molecule has 0 saturated heterocycles. The minimum atomic E-state index is -0.854. The maximum absolute atomic E-state index is 13.8. The summed E-state index contributed by atoms with van der Waals surface area (Å²) in [5.41, 5.74) is -0.665. The summed E-state index contributed by atoms with van der Waals surface area (Å²) < 4.78 is 31.6. The highest BCUT2D eigenvalue weighted by Crippen LogP contribution is 2.51. The first kappa shape index (κ1) is 10.8. The second-order valence-electron chi connectivity index (χ2n) is 3.68. The van der Waals surface area contributed by atoms with Crippen LogP contribution in [-0.4, -0.2) is 13.2 Å². The second kappa shape index (κ2) is 3.68. The molecule has 1 aliphatic carbocycles. The Morgan fingerprint density at radius 1 is 1.44 bits per heavy atom. The van der Waals surface area contributed by atoms with Gasteiger partial charge in [-0.2, -0.15) is 4.99 Å². The van der Waals surface area contributed by atoms with Gasteiger partial charge in [-0.05, 0) is 18.9 Å². The predicted molar refractivity (Wildman–Crippen MR) is 51.9 cm³/mol. The molecule has 1 aliphatic rings. The van der Waals surface area contributed by atoms with E-state index in [1.165, 1.54) is 19.3 Å². The van der Waals surface area contributed by atoms with Crippen molar-refractivity contribution >= 4 is 6.08 Å². The lowest BCUT2D eigenvalue weighted by Crippen LogP contribution is -2.08. The average Bonchev–Trinajstić information content (AvgIpc) is 3.00. The van der Waals surface area contributed by atoms with Crippen LogP contribution in [0.2, 0.25) is 0 Å². The lowest BCUT2D eigenvalue weighted by Gasteiger charge is -2.12. The average molecular weight is 225 g/mol. The van der Waals surface area contributed by atoms with Gasteiger partial charge < -0.3 is 4.74 Å². The quantitative estimate of drug-likeness (QED) is 0.584. The molecule has 0 unspecified atom stereocenters. The van der Waals surface area contributed by atoms with Crippen molar-refractivity contribution in [2.45, 2.75) is 18.4 Å². The van der Waals surface area contributed by atoms with Crippen molar-refractivity contribution in [1.29, 1.82) is 0 Å². The molecular formula is C11H9F2NO2. The van der Waals surface area contributed by atoms with E-state index in [0.717, 1.165) is 6.07 Å². The summed E-state index contributed by atoms with van der Waals surface area (Å²) in [6, 6.07) is 2.40. The number of isocyanates is 1. The van der Waals surface area contributed by atoms with Crippen molar-refractivity contribution in [1.82, 2.24) is 0 Å². The summed E-state index contributed by atoms with van der Waals surface area (Å²) in [6.07, 6.45) is 2.55. The number of methoxy groups -OCH3 is 1. The zero-order valence-corrected chi connectivity index (χ0v) is 8.59. The number of nitrogens with zero attached hydrogens (tertiary/aromatic N) is 1. The monoisotopic (exact) mass is 225 g/mol. The van der Waals surface area contributed by atoms with E-state index in [-0.39, 0.29) is 5.56 Å². The van der Waals surface area contributed by atoms with Crippen molar-refractivity contribution in [3.63, 3.8) is 0 Å². The van der Waals surface area contributed by atoms with Crippen molar-refractivity contribution in [2.75, 3.05) is 7.11 Å². The summed E-state index contributed by atoms with van der Waals surface area (Å²) in [4.78, 5) is 13.8. The first-order chi connectivity index (χ1) is 7.64. The van der Waals surface area contributed by atoms with Crippen LogP contribution in [0.4, 0.5) is 8.78 Å². The van der Waals surface area contributed by atoms with E-state index in [9.17, 15) is 13.6 Å². The van der Waals surface area contributed by atoms with E-state index in [0.29, 0.717) is 12.8 Å². The summed E-state index contributed by atoms with van der Waals surface area (Å²) in [5.74, 6) is -2.00. The summed E-state index contributed by atoms with van der Waals surface area (Å²) in [5, 5.41) is 0. The molecule has 0 bridgehead atoms. The fourth-order valence-corrected chi connectivity index (χ4v) is 1.73. The molecule has 16 heavy (non-hydrogen) atoms. The van der Waals surface area contributed by atoms with Gasteiger partial charge in [-0.25, -0.2) is 13.6 Å². The molecule has 0 amide bonds. The Kier molecular flexibility index (Phi) is 2.48. The molecule has 0 N–H and O–H groups in total. The molecule has 0 aromatic heterocycles. The molecule has 0 radical (unpaired) electrons. The molecule has 1 saturated carbocycles. The normalized spacial score (nSPS) is 16.4. The van der Waals surface area contributed by atoms with Crippen LogP contribution in [0, 0.1) is 11.6 Å². The van der Waals surface area contributed by atoms with Crippen LogP contribution >= 0.6 is 0 Å². The van der Waals surface area contributed by atoms with Gasteiger partial charge in [-0.15, -0.1) is 0 Å². The van der Waals surface area contributed by atoms with Crippen molar-refractivity contribution in [2.24, 2.45) is 4.99 Å². The highest BCUT2D eigenvalue weighted by molar-refractivity contribution is 5.44. The van der Waals surface area contributed by atoms with Crippen LogP contribution in [0.15, 0.2) is 17.1 Å². The number of hydrogen-bond acceptors (Lipinski definition) is 3. The third-order valence-corrected chi connectivity index (χ3v) is 2.74. The van der Waals surface area contributed by atoms with Crippen LogP contribution < -0.4 is 4.74 Å². The van der Waals surface area contributed by atoms with Crippen LogP contribution in [0.5, 0.6) is 5.75 Å². The Morgan fingerprint density at radius 2 is 2.12 bits per heavy atom. The lowest BCUT2D eigenvalue weighted by molar-refractivity contribution is 0.355. The minimum absolute atomic E-state index is 0.189. The maximum atomic E-state index is 13.8. The predicted octanol–water partition coefficient (Wildman–Crippen LogP) is 2.30. The minimum Gasteiger partial charge on any atom is -0.491 e. The smallest absolute Gasteiger partial charge is 0.235 e. The van der Waals surface area contributed by atoms with E-state index in [4.69, 9.17) is 0 Å². The largest absolute Gasteiger partial charge is 0.491 e. The Balaban J connectivity index is 2.55. The molecule has 1 aromatic carbocycles. The number of hydrogen-bond donors (Lipinski definition) is 0. The van der Waals surface area contributed by atoms with Gasteiger partial charge in [0.2, 0.25) is 6.08 Å². The van der Waals surface area contributed by atoms with Crippen LogP contribution in [0.1, 0.15) is 18.4 Å². The molecule has 5 heteroatoms. The van der Waals surface area contributed by atoms with E-state index < -0.39 is 22.9 Å². The van der Waals surface area contributed by atoms with Gasteiger partial charge in [0.1, 0.15) is 5.54 Å². The van der Waals surface area contributed by atoms with Crippen LogP contribution in [0.3, 0.4) is 0 Å². The fraction of sp³-hybridized carbons (Fsp3) is 0.364. The maximum Gasteiger partial charge on any atom is 0.235 e. The van der Waals surface area contributed by atoms with Gasteiger partial charge in [0.15, 0.2) is 17.4 Å². The van der Waals surface area contributed by atoms with Gasteiger partial charge >= 0.3 is 0 Å². The molecule has 1 aromatic rings. The molecule has 84 valence electrons. The Hall–Kier alpha value is -1.74. The highest BCUT2D eigenvalue weighted by atomic mass is 19.1. The highest BCUT2D eigenvalue weighted by Gasteiger charge is 2.47. The Morgan fingerprint density at radius 3 is 2.62 bits per heavy atom. The van der Waals surface area contributed by atoms with E-state index in [2.05, 4.69) is 9.73 Å². The molecule has 0 aliphatic heterocycles. The molecule has 0 atom stereocenters. The number of aliphatic imine (C=N–C) groups is 1. The third kappa shape index (κ3) is 1.49. The molecular weight excluding hydrogens is 216 g/mol. The summed E-state index contributed by atoms with van der Waals surface area (Å²) >= 11 is 0. The number of carbonyl (C=O) groups excluding carboxylic acids is 1. The van der Waals surface area contributed by atoms with Gasteiger partial charge in [0.05, 0.1) is 7.11 Å². The summed E-state index contributed by atoms with van der Waals surface area (Å²) in [6.45, 7) is 0. The zero-order chi connectivity index (χ0) is 11.8. The van der Waals surface area contributed by atoms with Gasteiger partial charge in [0, 0.05) is 5.56 Å². The van der Waals surface area contributed by atoms with Gasteiger partial charge in [0.25, 0.3) is 0 Å². The molecule has 0 heterocycles. The first-order valence-electron chi connectivity index (χ1n) is 4.76. The van der Waals surface area contributed by atoms with Crippen molar-refractivity contribution in [3.8, 4) is 5.75 Å². The number of benzene rings is 1. The second-order valence-corrected chi connectivity index (χ2v) is 3.68. The molecule has 1 fully saturated rings. The van der Waals surface area contributed by atoms with E-state index in [1.54, 1.807) is 0 Å². The molecule has 3 nitrogen and oxygen atoms in total. The van der Waals surface area contributed by atoms with Gasteiger partial charge in [-0.1, -0.05) is 6.07 Å². The standard InChI is InChI=1S/C11H9F2NO2/c1-16-10-8(12)3-2-7(9(10)13)11(4-5-11)14-6-15/h2-3H,4-5H2,1H3. The SMILES string of the molecule is COc1c(F)ccc(C2(N=C=O)CC2)c1F. The third-order valence-electron chi connectivity index (χ3n) is 2.74. The molecule has 2 rings (SSSR count). The number of halogens is 2. The van der Waals surface area contributed by atoms with Gasteiger partial charge in [-0.3, -0.25) is 0 Å². The lowest BCUT2D eigenvalue weighted by atomic mass is 10.0. The zero-order valence-electron chi connectivity index (χ0n) is 8.59. The molecule has 0 spiro atoms. The van der Waals surface area contributed by atoms with E-state index >= 15 is 0 Å². The van der Waals surface area contributed by atoms with E-state index in [1.807, 2.05) is 0 Å². The number of ether oxygens (including phenoxy) is 1. The first-order valence-corrected chi connectivity index (χ1v) is 4.76. The van der Waals surface area contributed by atoms with Crippen molar-refractivity contribution < 1.29 is 18.3 Å². The van der Waals surface area contributed by atoms with Crippen molar-refractivity contribution in [3.05, 3.63) is 29.3 Å². The Labute approximate surface area is 90.8 Å². The van der Waals surface area contributed by atoms with Crippen LogP contribution in [-0.2, 0) is 10.3 Å². The Bertz CT molecular complexity index is 477.